The van der Waals surface area contributed by atoms with E-state index in [4.69, 9.17) is 4.79 Å². The first-order valence-corrected chi connectivity index (χ1v) is 2.75. The van der Waals surface area contributed by atoms with Crippen LogP contribution in [-0.4, -0.2) is 6.03 Å². The van der Waals surface area contributed by atoms with Gasteiger partial charge >= 0.3 is 6.03 Å². The maximum atomic E-state index is 9.00. The summed E-state index contributed by atoms with van der Waals surface area (Å²) < 4.78 is 0. The highest BCUT2D eigenvalue weighted by Gasteiger charge is 1.60. The molecule has 0 aliphatic carbocycles. The quantitative estimate of drug-likeness (QED) is 0.496. The van der Waals surface area contributed by atoms with Crippen LogP contribution in [-0.2, 0) is 0 Å². The van der Waals surface area contributed by atoms with Gasteiger partial charge < -0.3 is 11.5 Å². The van der Waals surface area contributed by atoms with Gasteiger partial charge in [-0.15, -0.1) is 13.2 Å². The van der Waals surface area contributed by atoms with Crippen molar-refractivity contribution in [3.8, 4) is 0 Å². The Morgan fingerprint density at radius 2 is 1.20 bits per heavy atom. The predicted molar refractivity (Wildman–Crippen MR) is 45.5 cm³/mol. The number of rotatable bonds is 0. The molecule has 0 saturated heterocycles. The summed E-state index contributed by atoms with van der Waals surface area (Å²) in [6.45, 7) is 10.5. The van der Waals surface area contributed by atoms with E-state index in [-0.39, 0.29) is 0 Å². The zero-order valence-electron chi connectivity index (χ0n) is 6.63. The Morgan fingerprint density at radius 1 is 1.20 bits per heavy atom. The van der Waals surface area contributed by atoms with E-state index < -0.39 is 6.03 Å². The number of primary amides is 2. The molecule has 0 rings (SSSR count). The van der Waals surface area contributed by atoms with Crippen molar-refractivity contribution in [3.63, 3.8) is 0 Å². The molecule has 0 radical (unpaired) electrons. The molecule has 0 unspecified atom stereocenters. The van der Waals surface area contributed by atoms with E-state index in [2.05, 4.69) is 24.6 Å². The number of amides is 2. The highest BCUT2D eigenvalue weighted by molar-refractivity contribution is 5.69. The van der Waals surface area contributed by atoms with Crippen molar-refractivity contribution in [2.75, 3.05) is 0 Å². The van der Waals surface area contributed by atoms with Crippen LogP contribution in [0.15, 0.2) is 25.3 Å². The van der Waals surface area contributed by atoms with Crippen LogP contribution in [0.25, 0.3) is 0 Å². The number of allylic oxidation sites excluding steroid dienone is 2. The van der Waals surface area contributed by atoms with Crippen molar-refractivity contribution in [2.45, 2.75) is 13.8 Å². The summed E-state index contributed by atoms with van der Waals surface area (Å²) in [6, 6.07) is -0.833. The number of hydrogen-bond acceptors (Lipinski definition) is 1. The Labute approximate surface area is 62.4 Å². The van der Waals surface area contributed by atoms with Gasteiger partial charge in [0.2, 0.25) is 0 Å². The number of urea groups is 1. The monoisotopic (exact) mass is 144 g/mol. The zero-order chi connectivity index (χ0) is 8.99. The average Bonchev–Trinajstić information content (AvgIpc) is 1.65. The van der Waals surface area contributed by atoms with E-state index in [1.807, 2.05) is 13.8 Å². The van der Waals surface area contributed by atoms with Crippen LogP contribution in [0.4, 0.5) is 4.79 Å². The minimum Gasteiger partial charge on any atom is -0.352 e. The van der Waals surface area contributed by atoms with Crippen LogP contribution < -0.4 is 11.5 Å². The van der Waals surface area contributed by atoms with Gasteiger partial charge in [0.15, 0.2) is 0 Å². The fourth-order valence-corrected chi connectivity index (χ4v) is 0. The Kier molecular flexibility index (Phi) is 39.9. The Morgan fingerprint density at radius 3 is 1.20 bits per heavy atom. The largest absolute Gasteiger partial charge is 0.352 e. The fourth-order valence-electron chi connectivity index (χ4n) is 0. The molecule has 2 amide bonds. The highest BCUT2D eigenvalue weighted by atomic mass is 16.2. The summed E-state index contributed by atoms with van der Waals surface area (Å²) in [4.78, 5) is 9.00. The number of carbonyl (C=O) groups is 1. The fraction of sp³-hybridized carbons (Fsp3) is 0.286. The normalized spacial score (nSPS) is 5.00. The second-order valence-corrected chi connectivity index (χ2v) is 1.22. The van der Waals surface area contributed by atoms with Crippen molar-refractivity contribution in [2.24, 2.45) is 11.5 Å². The molecule has 3 heteroatoms. The predicted octanol–water partition coefficient (Wildman–Crippen LogP) is 1.41. The number of carbonyl (C=O) groups excluding carboxylic acids is 1. The van der Waals surface area contributed by atoms with Crippen LogP contribution in [0.3, 0.4) is 0 Å². The molecular formula is C7H16N2O. The molecule has 10 heavy (non-hydrogen) atoms. The third kappa shape index (κ3) is 143. The van der Waals surface area contributed by atoms with Gasteiger partial charge in [0.25, 0.3) is 0 Å². The summed E-state index contributed by atoms with van der Waals surface area (Å²) in [5, 5.41) is 0. The molecule has 4 N–H and O–H groups in total. The van der Waals surface area contributed by atoms with Crippen LogP contribution >= 0.6 is 0 Å². The topological polar surface area (TPSA) is 69.1 Å². The van der Waals surface area contributed by atoms with E-state index >= 15 is 0 Å². The molecule has 0 fully saturated rings. The van der Waals surface area contributed by atoms with Crippen molar-refractivity contribution in [3.05, 3.63) is 25.3 Å². The zero-order valence-corrected chi connectivity index (χ0v) is 6.63. The Balaban J connectivity index is -0.0000000750. The van der Waals surface area contributed by atoms with Crippen molar-refractivity contribution < 1.29 is 4.79 Å². The molecule has 0 aromatic heterocycles. The van der Waals surface area contributed by atoms with E-state index in [1.54, 1.807) is 12.2 Å². The summed E-state index contributed by atoms with van der Waals surface area (Å²) in [5.41, 5.74) is 8.50. The lowest BCUT2D eigenvalue weighted by Crippen LogP contribution is -2.18. The molecule has 0 aromatic rings. The van der Waals surface area contributed by atoms with Gasteiger partial charge in [-0.05, 0) is 13.8 Å². The maximum Gasteiger partial charge on any atom is 0.309 e. The van der Waals surface area contributed by atoms with E-state index in [0.717, 1.165) is 0 Å². The lowest BCUT2D eigenvalue weighted by Gasteiger charge is -1.62. The molecule has 0 bridgehead atoms. The minimum atomic E-state index is -0.833. The molecule has 0 aliphatic heterocycles. The first-order chi connectivity index (χ1) is 4.56. The first kappa shape index (κ1) is 15.9. The van der Waals surface area contributed by atoms with Gasteiger partial charge in [-0.2, -0.15) is 0 Å². The summed E-state index contributed by atoms with van der Waals surface area (Å²) in [7, 11) is 0. The first-order valence-electron chi connectivity index (χ1n) is 2.75. The summed E-state index contributed by atoms with van der Waals surface area (Å²) >= 11 is 0. The number of hydrogen-bond donors (Lipinski definition) is 2. The molecule has 0 aromatic carbocycles. The van der Waals surface area contributed by atoms with Crippen LogP contribution in [0.5, 0.6) is 0 Å². The van der Waals surface area contributed by atoms with Crippen LogP contribution in [0.2, 0.25) is 0 Å². The minimum absolute atomic E-state index is 0.833. The van der Waals surface area contributed by atoms with Crippen molar-refractivity contribution in [1.29, 1.82) is 0 Å². The van der Waals surface area contributed by atoms with Crippen molar-refractivity contribution in [1.82, 2.24) is 0 Å². The smallest absolute Gasteiger partial charge is 0.309 e. The van der Waals surface area contributed by atoms with E-state index in [9.17, 15) is 0 Å². The highest BCUT2D eigenvalue weighted by Crippen LogP contribution is 1.38. The third-order valence-corrected chi connectivity index (χ3v) is 0. The van der Waals surface area contributed by atoms with Crippen LogP contribution in [0.1, 0.15) is 13.8 Å². The standard InChI is InChI=1S/2C3H6.CH4N2O/c2*1-3-2;2-1(3)4/h2*3H,1H2,2H3;(H4,2,3,4). The van der Waals surface area contributed by atoms with Crippen molar-refractivity contribution >= 4 is 6.03 Å². The molecule has 0 spiro atoms. The second kappa shape index (κ2) is 25.1. The molecular weight excluding hydrogens is 128 g/mol. The SMILES string of the molecule is C=CC.C=CC.NC(N)=O. The van der Waals surface area contributed by atoms with Gasteiger partial charge in [0.05, 0.1) is 0 Å². The van der Waals surface area contributed by atoms with Crippen LogP contribution in [0, 0.1) is 0 Å². The molecule has 3 nitrogen and oxygen atoms in total. The molecule has 0 saturated carbocycles. The van der Waals surface area contributed by atoms with Gasteiger partial charge in [0, 0.05) is 0 Å². The second-order valence-electron chi connectivity index (χ2n) is 1.22. The lowest BCUT2D eigenvalue weighted by atomic mass is 10.8. The van der Waals surface area contributed by atoms with E-state index in [1.165, 1.54) is 0 Å². The van der Waals surface area contributed by atoms with Gasteiger partial charge in [0.1, 0.15) is 0 Å². The average molecular weight is 144 g/mol. The van der Waals surface area contributed by atoms with Gasteiger partial charge in [-0.3, -0.25) is 0 Å². The molecule has 0 heterocycles. The lowest BCUT2D eigenvalue weighted by molar-refractivity contribution is 0.256. The Hall–Kier alpha value is -1.25. The van der Waals surface area contributed by atoms with Gasteiger partial charge in [-0.1, -0.05) is 12.2 Å². The maximum absolute atomic E-state index is 9.00. The van der Waals surface area contributed by atoms with E-state index in [0.29, 0.717) is 0 Å². The Bertz CT molecular complexity index is 79.6. The molecule has 60 valence electrons. The summed E-state index contributed by atoms with van der Waals surface area (Å²) in [6.07, 6.45) is 3.50. The summed E-state index contributed by atoms with van der Waals surface area (Å²) in [5.74, 6) is 0. The molecule has 0 atom stereocenters. The third-order valence-electron chi connectivity index (χ3n) is 0. The number of nitrogens with two attached hydrogens (primary N) is 2. The van der Waals surface area contributed by atoms with Gasteiger partial charge in [-0.25, -0.2) is 4.79 Å². The molecule has 0 aliphatic rings.